The van der Waals surface area contributed by atoms with Crippen molar-refractivity contribution in [2.45, 2.75) is 19.0 Å². The van der Waals surface area contributed by atoms with Crippen LogP contribution in [-0.4, -0.2) is 39.4 Å². The molecule has 2 amide bonds. The number of fused-ring (bicyclic) bond motifs is 2. The van der Waals surface area contributed by atoms with Crippen LogP contribution in [0.15, 0.2) is 77.2 Å². The van der Waals surface area contributed by atoms with Crippen LogP contribution in [0.3, 0.4) is 0 Å². The van der Waals surface area contributed by atoms with Crippen molar-refractivity contribution < 1.29 is 9.59 Å². The predicted octanol–water partition coefficient (Wildman–Crippen LogP) is 3.01. The van der Waals surface area contributed by atoms with Crippen LogP contribution >= 0.6 is 11.3 Å². The Bertz CT molecular complexity index is 1380. The van der Waals surface area contributed by atoms with E-state index in [1.54, 1.807) is 6.07 Å². The van der Waals surface area contributed by atoms with Gasteiger partial charge in [0, 0.05) is 31.1 Å². The van der Waals surface area contributed by atoms with Crippen LogP contribution in [0.1, 0.15) is 27.4 Å². The third-order valence-corrected chi connectivity index (χ3v) is 6.79. The highest BCUT2D eigenvalue weighted by atomic mass is 32.1. The number of benzene rings is 2. The van der Waals surface area contributed by atoms with Gasteiger partial charge in [-0.05, 0) is 28.6 Å². The molecule has 1 unspecified atom stereocenters. The summed E-state index contributed by atoms with van der Waals surface area (Å²) in [6.07, 6.45) is 1.41. The van der Waals surface area contributed by atoms with Gasteiger partial charge in [0.15, 0.2) is 0 Å². The Morgan fingerprint density at radius 3 is 2.67 bits per heavy atom. The highest BCUT2D eigenvalue weighted by molar-refractivity contribution is 7.17. The molecule has 1 N–H and O–H groups in total. The lowest BCUT2D eigenvalue weighted by Gasteiger charge is -2.24. The molecule has 33 heavy (non-hydrogen) atoms. The summed E-state index contributed by atoms with van der Waals surface area (Å²) in [5.41, 5.74) is 3.23. The summed E-state index contributed by atoms with van der Waals surface area (Å²) in [5.74, 6) is -0.338. The number of nitrogens with zero attached hydrogens (tertiary/aromatic N) is 3. The SMILES string of the molecule is O=C(Cn1cnc2ccsc2c1=O)NCC(CN1Cc2ccccc2C1=O)c1ccccc1. The summed E-state index contributed by atoms with van der Waals surface area (Å²) in [7, 11) is 0. The molecule has 0 aliphatic carbocycles. The van der Waals surface area contributed by atoms with Gasteiger partial charge >= 0.3 is 0 Å². The van der Waals surface area contributed by atoms with Gasteiger partial charge in [-0.1, -0.05) is 48.5 Å². The van der Waals surface area contributed by atoms with Gasteiger partial charge in [0.05, 0.1) is 11.8 Å². The van der Waals surface area contributed by atoms with E-state index in [1.807, 2.05) is 64.9 Å². The number of nitrogens with one attached hydrogen (secondary N) is 1. The van der Waals surface area contributed by atoms with E-state index in [-0.39, 0.29) is 29.8 Å². The van der Waals surface area contributed by atoms with Crippen molar-refractivity contribution in [3.05, 3.63) is 99.4 Å². The van der Waals surface area contributed by atoms with Gasteiger partial charge in [-0.15, -0.1) is 11.3 Å². The van der Waals surface area contributed by atoms with Gasteiger partial charge in [0.1, 0.15) is 11.2 Å². The van der Waals surface area contributed by atoms with E-state index >= 15 is 0 Å². The molecule has 8 heteroatoms. The zero-order chi connectivity index (χ0) is 22.8. The fourth-order valence-corrected chi connectivity index (χ4v) is 4.97. The zero-order valence-electron chi connectivity index (χ0n) is 17.8. The normalized spacial score (nSPS) is 13.8. The van der Waals surface area contributed by atoms with Crippen molar-refractivity contribution in [2.75, 3.05) is 13.1 Å². The second-order valence-corrected chi connectivity index (χ2v) is 8.98. The molecule has 0 spiro atoms. The van der Waals surface area contributed by atoms with Gasteiger partial charge in [0.25, 0.3) is 11.5 Å². The number of carbonyl (C=O) groups is 2. The molecule has 0 bridgehead atoms. The first kappa shape index (κ1) is 21.1. The maximum atomic E-state index is 12.9. The summed E-state index contributed by atoms with van der Waals surface area (Å²) >= 11 is 1.32. The Balaban J connectivity index is 1.29. The monoisotopic (exact) mass is 458 g/mol. The number of hydrogen-bond donors (Lipinski definition) is 1. The van der Waals surface area contributed by atoms with Crippen LogP contribution in [0.25, 0.3) is 10.2 Å². The number of carbonyl (C=O) groups excluding carboxylic acids is 2. The first-order valence-electron chi connectivity index (χ1n) is 10.7. The molecule has 2 aromatic heterocycles. The Hall–Kier alpha value is -3.78. The van der Waals surface area contributed by atoms with Crippen LogP contribution in [-0.2, 0) is 17.9 Å². The topological polar surface area (TPSA) is 84.3 Å². The molecular weight excluding hydrogens is 436 g/mol. The molecule has 1 aliphatic rings. The highest BCUT2D eigenvalue weighted by Crippen LogP contribution is 2.26. The van der Waals surface area contributed by atoms with Crippen molar-refractivity contribution in [2.24, 2.45) is 0 Å². The van der Waals surface area contributed by atoms with Crippen LogP contribution in [0, 0.1) is 0 Å². The van der Waals surface area contributed by atoms with E-state index in [0.717, 1.165) is 16.7 Å². The maximum absolute atomic E-state index is 12.9. The lowest BCUT2D eigenvalue weighted by atomic mass is 9.98. The number of rotatable bonds is 7. The summed E-state index contributed by atoms with van der Waals surface area (Å²) in [6, 6.07) is 19.3. The van der Waals surface area contributed by atoms with Crippen molar-refractivity contribution in [1.29, 1.82) is 0 Å². The molecule has 7 nitrogen and oxygen atoms in total. The molecule has 1 aliphatic heterocycles. The van der Waals surface area contributed by atoms with E-state index < -0.39 is 0 Å². The minimum atomic E-state index is -0.272. The van der Waals surface area contributed by atoms with Crippen molar-refractivity contribution >= 4 is 33.4 Å². The van der Waals surface area contributed by atoms with E-state index in [2.05, 4.69) is 10.3 Å². The first-order valence-corrected chi connectivity index (χ1v) is 11.6. The quantitative estimate of drug-likeness (QED) is 0.461. The molecule has 0 saturated heterocycles. The number of hydrogen-bond acceptors (Lipinski definition) is 5. The van der Waals surface area contributed by atoms with E-state index in [1.165, 1.54) is 22.2 Å². The van der Waals surface area contributed by atoms with E-state index in [0.29, 0.717) is 29.9 Å². The molecule has 0 saturated carbocycles. The molecule has 4 aromatic rings. The fourth-order valence-electron chi connectivity index (χ4n) is 4.18. The number of thiophene rings is 1. The summed E-state index contributed by atoms with van der Waals surface area (Å²) < 4.78 is 1.87. The summed E-state index contributed by atoms with van der Waals surface area (Å²) in [5, 5.41) is 4.76. The fraction of sp³-hybridized carbons (Fsp3) is 0.200. The summed E-state index contributed by atoms with van der Waals surface area (Å²) in [4.78, 5) is 44.2. The van der Waals surface area contributed by atoms with Gasteiger partial charge in [-0.25, -0.2) is 4.98 Å². The highest BCUT2D eigenvalue weighted by Gasteiger charge is 2.29. The Labute approximate surface area is 194 Å². The third kappa shape index (κ3) is 4.29. The van der Waals surface area contributed by atoms with Crippen LogP contribution < -0.4 is 10.9 Å². The largest absolute Gasteiger partial charge is 0.354 e. The average molecular weight is 459 g/mol. The van der Waals surface area contributed by atoms with Crippen molar-refractivity contribution in [3.8, 4) is 0 Å². The molecular formula is C25H22N4O3S. The van der Waals surface area contributed by atoms with Crippen molar-refractivity contribution in [3.63, 3.8) is 0 Å². The second-order valence-electron chi connectivity index (χ2n) is 8.07. The molecule has 2 aromatic carbocycles. The molecule has 0 radical (unpaired) electrons. The summed E-state index contributed by atoms with van der Waals surface area (Å²) in [6.45, 7) is 1.30. The first-order chi connectivity index (χ1) is 16.1. The molecule has 3 heterocycles. The molecule has 1 atom stereocenters. The lowest BCUT2D eigenvalue weighted by molar-refractivity contribution is -0.121. The number of amides is 2. The smallest absolute Gasteiger partial charge is 0.271 e. The zero-order valence-corrected chi connectivity index (χ0v) is 18.6. The maximum Gasteiger partial charge on any atom is 0.271 e. The van der Waals surface area contributed by atoms with Gasteiger partial charge in [-0.2, -0.15) is 0 Å². The lowest BCUT2D eigenvalue weighted by Crippen LogP contribution is -2.38. The van der Waals surface area contributed by atoms with Crippen molar-refractivity contribution in [1.82, 2.24) is 19.8 Å². The Morgan fingerprint density at radius 2 is 1.85 bits per heavy atom. The van der Waals surface area contributed by atoms with Crippen LogP contribution in [0.4, 0.5) is 0 Å². The minimum Gasteiger partial charge on any atom is -0.354 e. The second kappa shape index (κ2) is 8.99. The molecule has 0 fully saturated rings. The Morgan fingerprint density at radius 1 is 1.06 bits per heavy atom. The molecule has 166 valence electrons. The predicted molar refractivity (Wildman–Crippen MR) is 127 cm³/mol. The van der Waals surface area contributed by atoms with Crippen LogP contribution in [0.2, 0.25) is 0 Å². The average Bonchev–Trinajstić information content (AvgIpc) is 3.44. The Kier molecular flexibility index (Phi) is 5.75. The standard InChI is InChI=1S/C25H22N4O3S/c30-22(15-29-16-27-21-10-11-33-23(21)25(29)32)26-12-19(17-6-2-1-3-7-17)14-28-13-18-8-4-5-9-20(18)24(28)31/h1-11,16,19H,12-15H2,(H,26,30). The van der Waals surface area contributed by atoms with Gasteiger partial charge in [0.2, 0.25) is 5.91 Å². The van der Waals surface area contributed by atoms with Gasteiger partial charge in [-0.3, -0.25) is 19.0 Å². The van der Waals surface area contributed by atoms with Gasteiger partial charge < -0.3 is 10.2 Å². The molecule has 5 rings (SSSR count). The number of aromatic nitrogens is 2. The van der Waals surface area contributed by atoms with E-state index in [9.17, 15) is 14.4 Å². The minimum absolute atomic E-state index is 0.0136. The van der Waals surface area contributed by atoms with E-state index in [4.69, 9.17) is 0 Å². The van der Waals surface area contributed by atoms with Crippen LogP contribution in [0.5, 0.6) is 0 Å². The third-order valence-electron chi connectivity index (χ3n) is 5.90.